The van der Waals surface area contributed by atoms with Crippen LogP contribution in [0.15, 0.2) is 40.5 Å². The van der Waals surface area contributed by atoms with Crippen molar-refractivity contribution >= 4 is 11.9 Å². The maximum absolute atomic E-state index is 8.62. The van der Waals surface area contributed by atoms with Gasteiger partial charge in [-0.25, -0.2) is 0 Å². The number of aliphatic hydroxyl groups excluding tert-OH is 1. The van der Waals surface area contributed by atoms with E-state index in [1.807, 2.05) is 30.3 Å². The number of hydrogen-bond acceptors (Lipinski definition) is 4. The first-order chi connectivity index (χ1) is 6.88. The van der Waals surface area contributed by atoms with Crippen molar-refractivity contribution in [2.75, 3.05) is 13.2 Å². The van der Waals surface area contributed by atoms with Gasteiger partial charge >= 0.3 is 0 Å². The molecule has 1 aromatic rings. The fourth-order valence-electron chi connectivity index (χ4n) is 1.04. The van der Waals surface area contributed by atoms with E-state index in [4.69, 9.17) is 10.3 Å². The highest BCUT2D eigenvalue weighted by molar-refractivity contribution is 6.38. The van der Waals surface area contributed by atoms with E-state index < -0.39 is 0 Å². The van der Waals surface area contributed by atoms with Crippen LogP contribution in [0.2, 0.25) is 0 Å². The maximum atomic E-state index is 8.62. The number of rotatable bonds is 4. The molecule has 0 aliphatic carbocycles. The minimum atomic E-state index is -0.0183. The van der Waals surface area contributed by atoms with Crippen LogP contribution in [0.3, 0.4) is 0 Å². The Morgan fingerprint density at radius 1 is 1.29 bits per heavy atom. The third-order valence-electron chi connectivity index (χ3n) is 1.63. The van der Waals surface area contributed by atoms with Gasteiger partial charge in [0.25, 0.3) is 0 Å². The normalized spacial score (nSPS) is 12.2. The van der Waals surface area contributed by atoms with Crippen LogP contribution < -0.4 is 0 Å². The lowest BCUT2D eigenvalue weighted by Gasteiger charge is -1.99. The molecule has 0 fully saturated rings. The van der Waals surface area contributed by atoms with E-state index in [0.29, 0.717) is 12.3 Å². The molecule has 4 nitrogen and oxygen atoms in total. The van der Waals surface area contributed by atoms with Crippen LogP contribution in [0, 0.1) is 0 Å². The standard InChI is InChI=1S/C10H12N2O2/c13-7-6-11-10(8-12-14)9-4-2-1-3-5-9/h1-5,8,13-14H,6-7H2/b11-10?,12-8+. The molecule has 0 atom stereocenters. The van der Waals surface area contributed by atoms with E-state index in [1.54, 1.807) is 0 Å². The Labute approximate surface area is 82.2 Å². The highest BCUT2D eigenvalue weighted by Crippen LogP contribution is 1.99. The number of aliphatic imine (C=N–C) groups is 1. The molecule has 0 saturated heterocycles. The molecule has 0 aliphatic rings. The molecule has 0 aromatic heterocycles. The van der Waals surface area contributed by atoms with Crippen LogP contribution in [0.4, 0.5) is 0 Å². The summed E-state index contributed by atoms with van der Waals surface area (Å²) in [4.78, 5) is 4.06. The van der Waals surface area contributed by atoms with Crippen molar-refractivity contribution < 1.29 is 10.3 Å². The van der Waals surface area contributed by atoms with Crippen LogP contribution in [-0.4, -0.2) is 35.4 Å². The number of oxime groups is 1. The summed E-state index contributed by atoms with van der Waals surface area (Å²) in [5, 5.41) is 20.0. The molecule has 0 radical (unpaired) electrons. The molecule has 0 saturated carbocycles. The van der Waals surface area contributed by atoms with Gasteiger partial charge in [0.15, 0.2) is 0 Å². The first-order valence-corrected chi connectivity index (χ1v) is 4.26. The Bertz CT molecular complexity index is 320. The van der Waals surface area contributed by atoms with E-state index in [-0.39, 0.29) is 6.61 Å². The first kappa shape index (κ1) is 10.4. The molecule has 1 aromatic carbocycles. The lowest BCUT2D eigenvalue weighted by Crippen LogP contribution is -2.04. The van der Waals surface area contributed by atoms with Gasteiger partial charge in [-0.3, -0.25) is 4.99 Å². The van der Waals surface area contributed by atoms with Crippen molar-refractivity contribution in [3.8, 4) is 0 Å². The highest BCUT2D eigenvalue weighted by atomic mass is 16.4. The maximum Gasteiger partial charge on any atom is 0.0919 e. The van der Waals surface area contributed by atoms with Gasteiger partial charge in [-0.05, 0) is 0 Å². The summed E-state index contributed by atoms with van der Waals surface area (Å²) in [5.74, 6) is 0. The third kappa shape index (κ3) is 2.99. The zero-order chi connectivity index (χ0) is 10.2. The van der Waals surface area contributed by atoms with Crippen LogP contribution in [0.25, 0.3) is 0 Å². The van der Waals surface area contributed by atoms with Gasteiger partial charge in [0.2, 0.25) is 0 Å². The van der Waals surface area contributed by atoms with E-state index in [2.05, 4.69) is 10.1 Å². The van der Waals surface area contributed by atoms with Crippen molar-refractivity contribution in [2.45, 2.75) is 0 Å². The third-order valence-corrected chi connectivity index (χ3v) is 1.63. The summed E-state index contributed by atoms with van der Waals surface area (Å²) in [5.41, 5.74) is 1.42. The average Bonchev–Trinajstić information content (AvgIpc) is 2.25. The average molecular weight is 192 g/mol. The number of aliphatic hydroxyl groups is 1. The molecular weight excluding hydrogens is 180 g/mol. The molecule has 0 aliphatic heterocycles. The predicted octanol–water partition coefficient (Wildman–Crippen LogP) is 0.928. The lowest BCUT2D eigenvalue weighted by molar-refractivity contribution is 0.307. The summed E-state index contributed by atoms with van der Waals surface area (Å²) in [6.45, 7) is 0.284. The molecule has 0 spiro atoms. The quantitative estimate of drug-likeness (QED) is 0.423. The number of hydrogen-bond donors (Lipinski definition) is 2. The van der Waals surface area contributed by atoms with Gasteiger partial charge in [0.1, 0.15) is 0 Å². The zero-order valence-electron chi connectivity index (χ0n) is 7.67. The minimum absolute atomic E-state index is 0.0183. The predicted molar refractivity (Wildman–Crippen MR) is 55.2 cm³/mol. The fourth-order valence-corrected chi connectivity index (χ4v) is 1.04. The summed E-state index contributed by atoms with van der Waals surface area (Å²) < 4.78 is 0. The number of benzene rings is 1. The first-order valence-electron chi connectivity index (χ1n) is 4.26. The summed E-state index contributed by atoms with van der Waals surface area (Å²) in [6.07, 6.45) is 1.25. The SMILES string of the molecule is OCCN=C(/C=N/O)c1ccccc1. The van der Waals surface area contributed by atoms with Gasteiger partial charge in [-0.1, -0.05) is 35.5 Å². The second kappa shape index (κ2) is 5.88. The van der Waals surface area contributed by atoms with E-state index in [0.717, 1.165) is 5.56 Å². The highest BCUT2D eigenvalue weighted by Gasteiger charge is 1.98. The van der Waals surface area contributed by atoms with E-state index >= 15 is 0 Å². The molecule has 0 heterocycles. The van der Waals surface area contributed by atoms with E-state index in [1.165, 1.54) is 6.21 Å². The van der Waals surface area contributed by atoms with Crippen molar-refractivity contribution in [2.24, 2.45) is 10.1 Å². The zero-order valence-corrected chi connectivity index (χ0v) is 7.67. The largest absolute Gasteiger partial charge is 0.411 e. The molecular formula is C10H12N2O2. The Hall–Kier alpha value is -1.68. The topological polar surface area (TPSA) is 65.2 Å². The molecule has 74 valence electrons. The Morgan fingerprint density at radius 3 is 2.57 bits per heavy atom. The molecule has 14 heavy (non-hydrogen) atoms. The second-order valence-electron chi connectivity index (χ2n) is 2.60. The van der Waals surface area contributed by atoms with Crippen molar-refractivity contribution in [1.82, 2.24) is 0 Å². The monoisotopic (exact) mass is 192 g/mol. The molecule has 4 heteroatoms. The molecule has 0 bridgehead atoms. The Morgan fingerprint density at radius 2 is 2.00 bits per heavy atom. The van der Waals surface area contributed by atoms with Crippen LogP contribution in [0.5, 0.6) is 0 Å². The Kier molecular flexibility index (Phi) is 4.37. The van der Waals surface area contributed by atoms with Gasteiger partial charge in [-0.15, -0.1) is 0 Å². The van der Waals surface area contributed by atoms with Crippen molar-refractivity contribution in [3.05, 3.63) is 35.9 Å². The minimum Gasteiger partial charge on any atom is -0.411 e. The molecule has 0 unspecified atom stereocenters. The second-order valence-corrected chi connectivity index (χ2v) is 2.60. The molecule has 2 N–H and O–H groups in total. The summed E-state index contributed by atoms with van der Waals surface area (Å²) in [7, 11) is 0. The van der Waals surface area contributed by atoms with Crippen LogP contribution in [-0.2, 0) is 0 Å². The fraction of sp³-hybridized carbons (Fsp3) is 0.200. The van der Waals surface area contributed by atoms with E-state index in [9.17, 15) is 0 Å². The van der Waals surface area contributed by atoms with Crippen molar-refractivity contribution in [3.63, 3.8) is 0 Å². The lowest BCUT2D eigenvalue weighted by atomic mass is 10.1. The van der Waals surface area contributed by atoms with Gasteiger partial charge in [-0.2, -0.15) is 0 Å². The van der Waals surface area contributed by atoms with Crippen LogP contribution >= 0.6 is 0 Å². The summed E-state index contributed by atoms with van der Waals surface area (Å²) in [6, 6.07) is 9.35. The molecule has 0 amide bonds. The summed E-state index contributed by atoms with van der Waals surface area (Å²) >= 11 is 0. The van der Waals surface area contributed by atoms with Crippen molar-refractivity contribution in [1.29, 1.82) is 0 Å². The molecule has 1 rings (SSSR count). The van der Waals surface area contributed by atoms with Gasteiger partial charge < -0.3 is 10.3 Å². The Balaban J connectivity index is 2.89. The van der Waals surface area contributed by atoms with Crippen LogP contribution in [0.1, 0.15) is 5.56 Å². The smallest absolute Gasteiger partial charge is 0.0919 e. The van der Waals surface area contributed by atoms with Gasteiger partial charge in [0.05, 0.1) is 25.1 Å². The number of nitrogens with zero attached hydrogens (tertiary/aromatic N) is 2. The van der Waals surface area contributed by atoms with Gasteiger partial charge in [0, 0.05) is 5.56 Å².